The van der Waals surface area contributed by atoms with Gasteiger partial charge in [-0.2, -0.15) is 0 Å². The molecule has 1 amide bonds. The van der Waals surface area contributed by atoms with Crippen LogP contribution in [0.2, 0.25) is 0 Å². The Morgan fingerprint density at radius 2 is 2.05 bits per heavy atom. The number of fused-ring (bicyclic) bond motifs is 1. The van der Waals surface area contributed by atoms with E-state index in [0.717, 1.165) is 22.0 Å². The molecule has 0 saturated carbocycles. The number of amides is 1. The number of carbonyl (C=O) groups excluding carboxylic acids is 1. The molecule has 2 N–H and O–H groups in total. The third-order valence-corrected chi connectivity index (χ3v) is 3.35. The van der Waals surface area contributed by atoms with Gasteiger partial charge in [-0.15, -0.1) is 0 Å². The van der Waals surface area contributed by atoms with Crippen LogP contribution in [0.4, 0.5) is 10.1 Å². The predicted octanol–water partition coefficient (Wildman–Crippen LogP) is 3.80. The molecule has 3 nitrogen and oxygen atoms in total. The first-order chi connectivity index (χ1) is 10.1. The zero-order valence-corrected chi connectivity index (χ0v) is 11.6. The van der Waals surface area contributed by atoms with E-state index in [9.17, 15) is 9.18 Å². The minimum absolute atomic E-state index is 0.162. The fourth-order valence-electron chi connectivity index (χ4n) is 2.46. The highest BCUT2D eigenvalue weighted by Gasteiger charge is 2.09. The summed E-state index contributed by atoms with van der Waals surface area (Å²) in [7, 11) is 0. The molecule has 2 aromatic carbocycles. The van der Waals surface area contributed by atoms with Gasteiger partial charge >= 0.3 is 0 Å². The Morgan fingerprint density at radius 3 is 2.86 bits per heavy atom. The molecule has 3 rings (SSSR count). The van der Waals surface area contributed by atoms with E-state index in [-0.39, 0.29) is 18.1 Å². The second kappa shape index (κ2) is 5.40. The molecule has 0 bridgehead atoms. The number of rotatable bonds is 3. The lowest BCUT2D eigenvalue weighted by Crippen LogP contribution is -2.14. The topological polar surface area (TPSA) is 44.9 Å². The molecule has 0 atom stereocenters. The highest BCUT2D eigenvalue weighted by molar-refractivity contribution is 5.95. The summed E-state index contributed by atoms with van der Waals surface area (Å²) in [6, 6.07) is 12.3. The van der Waals surface area contributed by atoms with Gasteiger partial charge in [-0.3, -0.25) is 4.79 Å². The van der Waals surface area contributed by atoms with Crippen molar-refractivity contribution in [3.8, 4) is 0 Å². The Bertz CT molecular complexity index is 787. The first kappa shape index (κ1) is 13.4. The summed E-state index contributed by atoms with van der Waals surface area (Å²) in [6.45, 7) is 1.79. The molecule has 0 unspecified atom stereocenters. The summed E-state index contributed by atoms with van der Waals surface area (Å²) < 4.78 is 13.3. The van der Waals surface area contributed by atoms with Crippen molar-refractivity contribution < 1.29 is 9.18 Å². The zero-order valence-electron chi connectivity index (χ0n) is 11.6. The van der Waals surface area contributed by atoms with Gasteiger partial charge in [0.2, 0.25) is 5.91 Å². The summed E-state index contributed by atoms with van der Waals surface area (Å²) in [5.41, 5.74) is 3.19. The van der Waals surface area contributed by atoms with Crippen LogP contribution in [0.1, 0.15) is 11.1 Å². The maximum absolute atomic E-state index is 13.3. The number of aryl methyl sites for hydroxylation is 1. The smallest absolute Gasteiger partial charge is 0.228 e. The normalized spacial score (nSPS) is 10.8. The van der Waals surface area contributed by atoms with Crippen LogP contribution >= 0.6 is 0 Å². The molecular formula is C17H15FN2O. The van der Waals surface area contributed by atoms with Crippen molar-refractivity contribution in [2.75, 3.05) is 5.32 Å². The van der Waals surface area contributed by atoms with Crippen LogP contribution in [-0.4, -0.2) is 10.9 Å². The zero-order chi connectivity index (χ0) is 14.8. The SMILES string of the molecule is Cc1cc(F)cc(NC(=O)Cc2c[nH]c3ccccc23)c1. The molecule has 0 aliphatic heterocycles. The van der Waals surface area contributed by atoms with E-state index < -0.39 is 0 Å². The summed E-state index contributed by atoms with van der Waals surface area (Å²) in [5.74, 6) is -0.512. The van der Waals surface area contributed by atoms with Crippen molar-refractivity contribution >= 4 is 22.5 Å². The van der Waals surface area contributed by atoms with Crippen LogP contribution in [0.5, 0.6) is 0 Å². The Balaban J connectivity index is 1.77. The monoisotopic (exact) mass is 282 g/mol. The second-order valence-corrected chi connectivity index (χ2v) is 5.10. The quantitative estimate of drug-likeness (QED) is 0.754. The van der Waals surface area contributed by atoms with Gasteiger partial charge in [0.15, 0.2) is 0 Å². The fraction of sp³-hybridized carbons (Fsp3) is 0.118. The Kier molecular flexibility index (Phi) is 3.44. The maximum atomic E-state index is 13.3. The predicted molar refractivity (Wildman–Crippen MR) is 81.8 cm³/mol. The van der Waals surface area contributed by atoms with Crippen molar-refractivity contribution in [3.63, 3.8) is 0 Å². The molecule has 0 aliphatic rings. The molecule has 4 heteroatoms. The van der Waals surface area contributed by atoms with Gasteiger partial charge in [-0.05, 0) is 42.3 Å². The second-order valence-electron chi connectivity index (χ2n) is 5.10. The van der Waals surface area contributed by atoms with Crippen molar-refractivity contribution in [1.29, 1.82) is 0 Å². The fourth-order valence-corrected chi connectivity index (χ4v) is 2.46. The van der Waals surface area contributed by atoms with Crippen LogP contribution in [0.25, 0.3) is 10.9 Å². The van der Waals surface area contributed by atoms with Gasteiger partial charge in [0.05, 0.1) is 6.42 Å². The summed E-state index contributed by atoms with van der Waals surface area (Å²) in [6.07, 6.45) is 2.08. The van der Waals surface area contributed by atoms with Gasteiger partial charge in [-0.25, -0.2) is 4.39 Å². The average molecular weight is 282 g/mol. The van der Waals surface area contributed by atoms with Crippen molar-refractivity contribution in [1.82, 2.24) is 4.98 Å². The largest absolute Gasteiger partial charge is 0.361 e. The highest BCUT2D eigenvalue weighted by atomic mass is 19.1. The third-order valence-electron chi connectivity index (χ3n) is 3.35. The number of aromatic amines is 1. The van der Waals surface area contributed by atoms with E-state index >= 15 is 0 Å². The number of hydrogen-bond acceptors (Lipinski definition) is 1. The molecule has 0 fully saturated rings. The lowest BCUT2D eigenvalue weighted by molar-refractivity contribution is -0.115. The Morgan fingerprint density at radius 1 is 1.24 bits per heavy atom. The number of halogens is 1. The maximum Gasteiger partial charge on any atom is 0.228 e. The number of hydrogen-bond donors (Lipinski definition) is 2. The molecule has 0 saturated heterocycles. The van der Waals surface area contributed by atoms with Gasteiger partial charge in [0.1, 0.15) is 5.82 Å². The molecular weight excluding hydrogens is 267 g/mol. The van der Waals surface area contributed by atoms with Crippen molar-refractivity contribution in [2.45, 2.75) is 13.3 Å². The van der Waals surface area contributed by atoms with E-state index in [1.807, 2.05) is 30.5 Å². The molecule has 3 aromatic rings. The number of aromatic nitrogens is 1. The molecule has 0 radical (unpaired) electrons. The standard InChI is InChI=1S/C17H15FN2O/c1-11-6-13(18)9-14(7-11)20-17(21)8-12-10-19-16-5-3-2-4-15(12)16/h2-7,9-10,19H,8H2,1H3,(H,20,21). The molecule has 0 aliphatic carbocycles. The van der Waals surface area contributed by atoms with Crippen LogP contribution in [0.15, 0.2) is 48.7 Å². The molecule has 1 heterocycles. The van der Waals surface area contributed by atoms with Gasteiger partial charge < -0.3 is 10.3 Å². The van der Waals surface area contributed by atoms with Gasteiger partial charge in [-0.1, -0.05) is 18.2 Å². The van der Waals surface area contributed by atoms with Crippen LogP contribution in [-0.2, 0) is 11.2 Å². The minimum Gasteiger partial charge on any atom is -0.361 e. The lowest BCUT2D eigenvalue weighted by Gasteiger charge is -2.06. The lowest BCUT2D eigenvalue weighted by atomic mass is 10.1. The van der Waals surface area contributed by atoms with E-state index in [2.05, 4.69) is 10.3 Å². The Hall–Kier alpha value is -2.62. The van der Waals surface area contributed by atoms with Crippen LogP contribution in [0.3, 0.4) is 0 Å². The van der Waals surface area contributed by atoms with E-state index in [4.69, 9.17) is 0 Å². The van der Waals surface area contributed by atoms with Crippen LogP contribution < -0.4 is 5.32 Å². The van der Waals surface area contributed by atoms with E-state index in [1.165, 1.54) is 12.1 Å². The molecule has 21 heavy (non-hydrogen) atoms. The van der Waals surface area contributed by atoms with E-state index in [1.54, 1.807) is 13.0 Å². The van der Waals surface area contributed by atoms with Crippen LogP contribution in [0, 0.1) is 12.7 Å². The third kappa shape index (κ3) is 2.94. The number of benzene rings is 2. The number of para-hydroxylation sites is 1. The number of H-pyrrole nitrogens is 1. The van der Waals surface area contributed by atoms with Crippen molar-refractivity contribution in [3.05, 3.63) is 65.6 Å². The summed E-state index contributed by atoms with van der Waals surface area (Å²) in [4.78, 5) is 15.2. The van der Waals surface area contributed by atoms with E-state index in [0.29, 0.717) is 5.69 Å². The van der Waals surface area contributed by atoms with Gasteiger partial charge in [0, 0.05) is 22.8 Å². The molecule has 1 aromatic heterocycles. The first-order valence-electron chi connectivity index (χ1n) is 6.74. The van der Waals surface area contributed by atoms with Gasteiger partial charge in [0.25, 0.3) is 0 Å². The number of nitrogens with one attached hydrogen (secondary N) is 2. The molecule has 0 spiro atoms. The Labute approximate surface area is 121 Å². The number of carbonyl (C=O) groups is 1. The highest BCUT2D eigenvalue weighted by Crippen LogP contribution is 2.19. The average Bonchev–Trinajstić information content (AvgIpc) is 2.81. The summed E-state index contributed by atoms with van der Waals surface area (Å²) >= 11 is 0. The van der Waals surface area contributed by atoms with Crippen molar-refractivity contribution in [2.24, 2.45) is 0 Å². The first-order valence-corrected chi connectivity index (χ1v) is 6.74. The summed E-state index contributed by atoms with van der Waals surface area (Å²) in [5, 5.41) is 3.76. The molecule has 106 valence electrons. The number of anilines is 1. The minimum atomic E-state index is -0.350.